The second-order valence-corrected chi connectivity index (χ2v) is 5.81. The summed E-state index contributed by atoms with van der Waals surface area (Å²) in [5.41, 5.74) is 0.525. The Morgan fingerprint density at radius 3 is 2.09 bits per heavy atom. The van der Waals surface area contributed by atoms with Crippen LogP contribution in [-0.4, -0.2) is 28.8 Å². The Hall–Kier alpha value is -1.91. The van der Waals surface area contributed by atoms with Crippen LogP contribution >= 0.6 is 0 Å². The van der Waals surface area contributed by atoms with Crippen molar-refractivity contribution in [3.63, 3.8) is 0 Å². The van der Waals surface area contributed by atoms with E-state index in [0.717, 1.165) is 19.4 Å². The first-order valence-corrected chi connectivity index (χ1v) is 8.63. The van der Waals surface area contributed by atoms with Gasteiger partial charge < -0.3 is 4.90 Å². The molecule has 0 saturated carbocycles. The molecule has 0 fully saturated rings. The van der Waals surface area contributed by atoms with Crippen LogP contribution in [0.2, 0.25) is 0 Å². The molecule has 0 unspecified atom stereocenters. The number of benzene rings is 1. The van der Waals surface area contributed by atoms with Crippen molar-refractivity contribution in [2.45, 2.75) is 58.8 Å². The molecule has 0 aliphatic rings. The van der Waals surface area contributed by atoms with E-state index in [9.17, 15) is 14.9 Å². The number of nitro benzene ring substituents is 1. The van der Waals surface area contributed by atoms with E-state index in [-0.39, 0.29) is 11.6 Å². The predicted octanol–water partition coefficient (Wildman–Crippen LogP) is 4.81. The summed E-state index contributed by atoms with van der Waals surface area (Å²) in [5.74, 6) is -0.0478. The summed E-state index contributed by atoms with van der Waals surface area (Å²) >= 11 is 0. The maximum atomic E-state index is 12.4. The van der Waals surface area contributed by atoms with Gasteiger partial charge in [-0.15, -0.1) is 0 Å². The second-order valence-electron chi connectivity index (χ2n) is 5.81. The molecule has 128 valence electrons. The molecule has 0 N–H and O–H groups in total. The van der Waals surface area contributed by atoms with E-state index in [0.29, 0.717) is 12.1 Å². The fourth-order valence-corrected chi connectivity index (χ4v) is 2.57. The van der Waals surface area contributed by atoms with Gasteiger partial charge in [-0.2, -0.15) is 0 Å². The number of rotatable bonds is 11. The smallest absolute Gasteiger partial charge is 0.269 e. The van der Waals surface area contributed by atoms with E-state index >= 15 is 0 Å². The molecule has 1 amide bonds. The van der Waals surface area contributed by atoms with Crippen LogP contribution in [0, 0.1) is 10.1 Å². The third-order valence-corrected chi connectivity index (χ3v) is 4.03. The minimum Gasteiger partial charge on any atom is -0.339 e. The summed E-state index contributed by atoms with van der Waals surface area (Å²) in [4.78, 5) is 24.4. The van der Waals surface area contributed by atoms with Gasteiger partial charge in [0.05, 0.1) is 4.92 Å². The zero-order valence-corrected chi connectivity index (χ0v) is 14.3. The highest BCUT2D eigenvalue weighted by atomic mass is 16.6. The lowest BCUT2D eigenvalue weighted by Gasteiger charge is -2.21. The van der Waals surface area contributed by atoms with Gasteiger partial charge in [-0.05, 0) is 25.5 Å². The molecule has 0 aliphatic heterocycles. The normalized spacial score (nSPS) is 10.5. The molecule has 0 spiro atoms. The van der Waals surface area contributed by atoms with Crippen LogP contribution in [0.15, 0.2) is 24.3 Å². The Kier molecular flexibility index (Phi) is 8.95. The van der Waals surface area contributed by atoms with Crippen LogP contribution in [0.4, 0.5) is 5.69 Å². The van der Waals surface area contributed by atoms with Crippen LogP contribution in [0.5, 0.6) is 0 Å². The topological polar surface area (TPSA) is 63.5 Å². The molecule has 0 heterocycles. The van der Waals surface area contributed by atoms with Gasteiger partial charge in [0.1, 0.15) is 0 Å². The van der Waals surface area contributed by atoms with Gasteiger partial charge in [-0.25, -0.2) is 0 Å². The first-order valence-electron chi connectivity index (χ1n) is 8.63. The second kappa shape index (κ2) is 10.8. The summed E-state index contributed by atoms with van der Waals surface area (Å²) in [6.45, 7) is 5.58. The summed E-state index contributed by atoms with van der Waals surface area (Å²) in [6, 6.07) is 5.84. The molecule has 0 aliphatic carbocycles. The van der Waals surface area contributed by atoms with Crippen molar-refractivity contribution < 1.29 is 9.72 Å². The van der Waals surface area contributed by atoms with E-state index < -0.39 is 4.92 Å². The number of non-ortho nitro benzene ring substituents is 1. The third kappa shape index (κ3) is 6.80. The van der Waals surface area contributed by atoms with Gasteiger partial charge in [0.25, 0.3) is 11.6 Å². The average Bonchev–Trinajstić information content (AvgIpc) is 2.57. The van der Waals surface area contributed by atoms with E-state index in [1.807, 2.05) is 11.8 Å². The molecular formula is C18H28N2O3. The highest BCUT2D eigenvalue weighted by Crippen LogP contribution is 2.14. The Balaban J connectivity index is 2.41. The molecule has 0 saturated heterocycles. The minimum atomic E-state index is -0.454. The van der Waals surface area contributed by atoms with Crippen LogP contribution in [-0.2, 0) is 0 Å². The van der Waals surface area contributed by atoms with E-state index in [2.05, 4.69) is 6.92 Å². The van der Waals surface area contributed by atoms with Crippen molar-refractivity contribution in [3.05, 3.63) is 39.9 Å². The number of hydrogen-bond donors (Lipinski definition) is 0. The SMILES string of the molecule is CCCCCCCCCN(CC)C(=O)c1ccc([N+](=O)[O-])cc1. The van der Waals surface area contributed by atoms with Crippen molar-refractivity contribution >= 4 is 11.6 Å². The molecule has 0 radical (unpaired) electrons. The van der Waals surface area contributed by atoms with Crippen molar-refractivity contribution in [3.8, 4) is 0 Å². The highest BCUT2D eigenvalue weighted by Gasteiger charge is 2.15. The molecule has 5 nitrogen and oxygen atoms in total. The lowest BCUT2D eigenvalue weighted by atomic mass is 10.1. The highest BCUT2D eigenvalue weighted by molar-refractivity contribution is 5.94. The average molecular weight is 320 g/mol. The van der Waals surface area contributed by atoms with Crippen molar-refractivity contribution in [2.24, 2.45) is 0 Å². The van der Waals surface area contributed by atoms with Gasteiger partial charge in [0.15, 0.2) is 0 Å². The number of nitro groups is 1. The summed E-state index contributed by atoms with van der Waals surface area (Å²) < 4.78 is 0. The van der Waals surface area contributed by atoms with Gasteiger partial charge in [-0.1, -0.05) is 45.4 Å². The predicted molar refractivity (Wildman–Crippen MR) is 92.7 cm³/mol. The van der Waals surface area contributed by atoms with E-state index in [1.165, 1.54) is 56.4 Å². The standard InChI is InChI=1S/C18H28N2O3/c1-3-5-6-7-8-9-10-15-19(4-2)18(21)16-11-13-17(14-12-16)20(22)23/h11-14H,3-10,15H2,1-2H3. The Labute approximate surface area is 138 Å². The Morgan fingerprint density at radius 1 is 1.00 bits per heavy atom. The third-order valence-electron chi connectivity index (χ3n) is 4.03. The Morgan fingerprint density at radius 2 is 1.57 bits per heavy atom. The molecule has 0 bridgehead atoms. The zero-order chi connectivity index (χ0) is 17.1. The van der Waals surface area contributed by atoms with Gasteiger partial charge in [0.2, 0.25) is 0 Å². The summed E-state index contributed by atoms with van der Waals surface area (Å²) in [7, 11) is 0. The van der Waals surface area contributed by atoms with Crippen LogP contribution < -0.4 is 0 Å². The maximum Gasteiger partial charge on any atom is 0.269 e. The molecule has 1 rings (SSSR count). The molecule has 1 aromatic carbocycles. The lowest BCUT2D eigenvalue weighted by Crippen LogP contribution is -2.31. The quantitative estimate of drug-likeness (QED) is 0.334. The monoisotopic (exact) mass is 320 g/mol. The lowest BCUT2D eigenvalue weighted by molar-refractivity contribution is -0.384. The van der Waals surface area contributed by atoms with Crippen LogP contribution in [0.3, 0.4) is 0 Å². The Bertz CT molecular complexity index is 486. The molecule has 23 heavy (non-hydrogen) atoms. The summed E-state index contributed by atoms with van der Waals surface area (Å²) in [5, 5.41) is 10.7. The van der Waals surface area contributed by atoms with Crippen LogP contribution in [0.25, 0.3) is 0 Å². The molecule has 1 aromatic rings. The molecular weight excluding hydrogens is 292 g/mol. The van der Waals surface area contributed by atoms with E-state index in [4.69, 9.17) is 0 Å². The van der Waals surface area contributed by atoms with E-state index in [1.54, 1.807) is 0 Å². The molecule has 5 heteroatoms. The van der Waals surface area contributed by atoms with Crippen LogP contribution in [0.1, 0.15) is 69.2 Å². The number of nitrogens with zero attached hydrogens (tertiary/aromatic N) is 2. The number of hydrogen-bond acceptors (Lipinski definition) is 3. The number of carbonyl (C=O) groups is 1. The van der Waals surface area contributed by atoms with Gasteiger partial charge in [-0.3, -0.25) is 14.9 Å². The first kappa shape index (κ1) is 19.1. The maximum absolute atomic E-state index is 12.4. The number of unbranched alkanes of at least 4 members (excludes halogenated alkanes) is 6. The van der Waals surface area contributed by atoms with Gasteiger partial charge in [0, 0.05) is 30.8 Å². The molecule has 0 atom stereocenters. The minimum absolute atomic E-state index is 0.0108. The van der Waals surface area contributed by atoms with Crippen molar-refractivity contribution in [1.82, 2.24) is 4.90 Å². The molecule has 0 aromatic heterocycles. The summed E-state index contributed by atoms with van der Waals surface area (Å²) in [6.07, 6.45) is 8.52. The largest absolute Gasteiger partial charge is 0.339 e. The van der Waals surface area contributed by atoms with Crippen molar-refractivity contribution in [1.29, 1.82) is 0 Å². The first-order chi connectivity index (χ1) is 11.1. The number of carbonyl (C=O) groups excluding carboxylic acids is 1. The fraction of sp³-hybridized carbons (Fsp3) is 0.611. The van der Waals surface area contributed by atoms with Gasteiger partial charge >= 0.3 is 0 Å². The number of amides is 1. The fourth-order valence-electron chi connectivity index (χ4n) is 2.57. The van der Waals surface area contributed by atoms with Crippen molar-refractivity contribution in [2.75, 3.05) is 13.1 Å². The zero-order valence-electron chi connectivity index (χ0n) is 14.3.